The molecule has 6 aromatic carbocycles. The molecule has 0 heterocycles. The predicted octanol–water partition coefficient (Wildman–Crippen LogP) is 5.60. The number of fused-ring (bicyclic) bond motifs is 2. The lowest BCUT2D eigenvalue weighted by atomic mass is 10.0. The van der Waals surface area contributed by atoms with Crippen molar-refractivity contribution >= 4 is 88.2 Å². The van der Waals surface area contributed by atoms with Gasteiger partial charge in [-0.2, -0.15) is 16.8 Å². The molecule has 0 unspecified atom stereocenters. The van der Waals surface area contributed by atoms with Crippen molar-refractivity contribution in [1.82, 2.24) is 0 Å². The summed E-state index contributed by atoms with van der Waals surface area (Å²) in [6.45, 7) is 3.14. The molecule has 56 heavy (non-hydrogen) atoms. The number of hydrogen-bond acceptors (Lipinski definition) is 10. The number of amides is 4. The number of rotatable bonds is 8. The number of nitrogens with one attached hydrogen (secondary N) is 4. The summed E-state index contributed by atoms with van der Waals surface area (Å²) in [7, 11) is -9.54. The molecule has 0 fully saturated rings. The molecule has 0 atom stereocenters. The summed E-state index contributed by atoms with van der Waals surface area (Å²) in [4.78, 5) is 51.8. The van der Waals surface area contributed by atoms with E-state index >= 15 is 0 Å². The Labute approximate surface area is 318 Å². The Morgan fingerprint density at radius 2 is 0.875 bits per heavy atom. The molecule has 0 saturated heterocycles. The molecule has 0 spiro atoms. The van der Waals surface area contributed by atoms with E-state index in [0.717, 1.165) is 12.1 Å². The summed E-state index contributed by atoms with van der Waals surface area (Å²) in [6, 6.07) is 21.5. The first-order chi connectivity index (χ1) is 26.3. The summed E-state index contributed by atoms with van der Waals surface area (Å²) in [5.41, 5.74) is 0.161. The van der Waals surface area contributed by atoms with Gasteiger partial charge < -0.3 is 31.5 Å². The third-order valence-corrected chi connectivity index (χ3v) is 10.5. The minimum Gasteiger partial charge on any atom is -0.506 e. The van der Waals surface area contributed by atoms with E-state index in [0.29, 0.717) is 11.1 Å². The van der Waals surface area contributed by atoms with Crippen LogP contribution in [-0.4, -0.2) is 59.8 Å². The minimum absolute atomic E-state index is 0.00444. The first kappa shape index (κ1) is 38.9. The predicted molar refractivity (Wildman–Crippen MR) is 206 cm³/mol. The van der Waals surface area contributed by atoms with Gasteiger partial charge in [-0.3, -0.25) is 28.3 Å². The molecule has 6 rings (SSSR count). The van der Waals surface area contributed by atoms with Crippen LogP contribution in [0.25, 0.3) is 21.5 Å². The van der Waals surface area contributed by atoms with Crippen molar-refractivity contribution in [3.63, 3.8) is 0 Å². The molecule has 16 nitrogen and oxygen atoms in total. The molecule has 18 heteroatoms. The van der Waals surface area contributed by atoms with E-state index in [1.165, 1.54) is 84.9 Å². The van der Waals surface area contributed by atoms with Crippen molar-refractivity contribution in [3.05, 3.63) is 119 Å². The van der Waals surface area contributed by atoms with Crippen LogP contribution < -0.4 is 21.3 Å². The molecule has 286 valence electrons. The number of anilines is 4. The zero-order valence-electron chi connectivity index (χ0n) is 29.1. The Morgan fingerprint density at radius 3 is 1.23 bits per heavy atom. The average molecular weight is 799 g/mol. The van der Waals surface area contributed by atoms with Gasteiger partial charge in [0.2, 0.25) is 0 Å². The highest BCUT2D eigenvalue weighted by Crippen LogP contribution is 2.38. The maximum absolute atomic E-state index is 13.5. The zero-order chi connectivity index (χ0) is 40.7. The molecule has 0 aliphatic rings. The molecular formula is C38H30N4O12S2. The van der Waals surface area contributed by atoms with E-state index in [4.69, 9.17) is 0 Å². The summed E-state index contributed by atoms with van der Waals surface area (Å²) in [5, 5.41) is 31.1. The van der Waals surface area contributed by atoms with E-state index in [1.54, 1.807) is 13.8 Å². The minimum atomic E-state index is -4.77. The monoisotopic (exact) mass is 798 g/mol. The number of phenols is 2. The van der Waals surface area contributed by atoms with Gasteiger partial charge in [-0.15, -0.1) is 0 Å². The highest BCUT2D eigenvalue weighted by Gasteiger charge is 2.24. The summed E-state index contributed by atoms with van der Waals surface area (Å²) in [5.74, 6) is -4.98. The van der Waals surface area contributed by atoms with Crippen LogP contribution >= 0.6 is 0 Å². The third kappa shape index (κ3) is 7.84. The van der Waals surface area contributed by atoms with Gasteiger partial charge in [0.05, 0.1) is 11.4 Å². The summed E-state index contributed by atoms with van der Waals surface area (Å²) >= 11 is 0. The first-order valence-electron chi connectivity index (χ1n) is 16.2. The number of aryl methyl sites for hydroxylation is 2. The maximum Gasteiger partial charge on any atom is 0.314 e. The number of hydrogen-bond donors (Lipinski definition) is 8. The number of carbonyl (C=O) groups excluding carboxylic acids is 4. The second-order valence-corrected chi connectivity index (χ2v) is 15.2. The molecule has 0 saturated carbocycles. The Hall–Kier alpha value is -6.86. The summed E-state index contributed by atoms with van der Waals surface area (Å²) in [6.07, 6.45) is 0. The van der Waals surface area contributed by atoms with Crippen LogP contribution in [0, 0.1) is 13.8 Å². The number of phenolic OH excluding ortho intramolecular Hbond substituents is 2. The fraction of sp³-hybridized carbons (Fsp3) is 0.0526. The van der Waals surface area contributed by atoms with Crippen molar-refractivity contribution in [2.24, 2.45) is 0 Å². The average Bonchev–Trinajstić information content (AvgIpc) is 3.14. The molecule has 0 aromatic heterocycles. The van der Waals surface area contributed by atoms with Crippen LogP contribution in [0.5, 0.6) is 11.5 Å². The number of aromatic hydroxyl groups is 2. The topological polar surface area (TPSA) is 266 Å². The van der Waals surface area contributed by atoms with Crippen molar-refractivity contribution in [2.45, 2.75) is 23.6 Å². The van der Waals surface area contributed by atoms with E-state index in [2.05, 4.69) is 21.3 Å². The first-order valence-corrected chi connectivity index (χ1v) is 19.1. The molecular weight excluding hydrogens is 769 g/mol. The van der Waals surface area contributed by atoms with Crippen LogP contribution in [0.4, 0.5) is 22.7 Å². The number of carbonyl (C=O) groups is 4. The third-order valence-electron chi connectivity index (χ3n) is 8.69. The highest BCUT2D eigenvalue weighted by atomic mass is 32.2. The van der Waals surface area contributed by atoms with Gasteiger partial charge in [-0.05, 0) is 84.3 Å². The van der Waals surface area contributed by atoms with Crippen molar-refractivity contribution in [1.29, 1.82) is 0 Å². The number of benzene rings is 6. The molecule has 4 amide bonds. The van der Waals surface area contributed by atoms with Gasteiger partial charge in [0.25, 0.3) is 32.1 Å². The second-order valence-electron chi connectivity index (χ2n) is 12.5. The van der Waals surface area contributed by atoms with E-state index in [1.807, 2.05) is 0 Å². The van der Waals surface area contributed by atoms with Crippen molar-refractivity contribution < 1.29 is 55.3 Å². The van der Waals surface area contributed by atoms with Crippen LogP contribution in [0.1, 0.15) is 31.8 Å². The molecule has 0 radical (unpaired) electrons. The van der Waals surface area contributed by atoms with Crippen LogP contribution in [0.2, 0.25) is 0 Å². The fourth-order valence-electron chi connectivity index (χ4n) is 5.98. The SMILES string of the molecule is Cc1ccc(NC(=O)C(=O)Nc2ccc(C)c(C(=O)Nc3c(O)ccc4cccc(S(=O)(=O)O)c34)c2)cc1C(=O)Nc1c(O)ccc2cccc(S(=O)(=O)O)c12. The van der Waals surface area contributed by atoms with Crippen LogP contribution in [0.15, 0.2) is 107 Å². The van der Waals surface area contributed by atoms with E-state index < -0.39 is 65.2 Å². The molecule has 0 aliphatic heterocycles. The smallest absolute Gasteiger partial charge is 0.314 e. The normalized spacial score (nSPS) is 11.6. The van der Waals surface area contributed by atoms with Crippen LogP contribution in [-0.2, 0) is 29.8 Å². The standard InChI is InChI=1S/C38H30N4O12S2/c1-19-9-13-23(17-25(19)35(45)41-33-27(43)15-11-21-5-3-7-29(31(21)33)55(49,50)51)39-37(47)38(48)40-24-14-10-20(2)26(18-24)36(46)42-34-28(44)16-12-22-6-4-8-30(32(22)34)56(52,53)54/h3-18,43-44H,1-2H3,(H,39,47)(H,40,48)(H,41,45)(H,42,46)(H,49,50,51)(H,52,53,54). The lowest BCUT2D eigenvalue weighted by Crippen LogP contribution is -2.29. The fourth-order valence-corrected chi connectivity index (χ4v) is 7.44. The van der Waals surface area contributed by atoms with Gasteiger partial charge in [0.1, 0.15) is 21.3 Å². The zero-order valence-corrected chi connectivity index (χ0v) is 30.7. The van der Waals surface area contributed by atoms with Gasteiger partial charge in [-0.1, -0.05) is 48.5 Å². The Bertz CT molecular complexity index is 2700. The lowest BCUT2D eigenvalue weighted by Gasteiger charge is -2.15. The van der Waals surface area contributed by atoms with Gasteiger partial charge in [-0.25, -0.2) is 0 Å². The Morgan fingerprint density at radius 1 is 0.500 bits per heavy atom. The van der Waals surface area contributed by atoms with Gasteiger partial charge in [0.15, 0.2) is 0 Å². The quantitative estimate of drug-likeness (QED) is 0.0532. The highest BCUT2D eigenvalue weighted by molar-refractivity contribution is 7.86. The Kier molecular flexibility index (Phi) is 10.2. The van der Waals surface area contributed by atoms with E-state index in [-0.39, 0.29) is 55.4 Å². The molecule has 6 aromatic rings. The molecule has 0 bridgehead atoms. The lowest BCUT2D eigenvalue weighted by molar-refractivity contribution is -0.132. The van der Waals surface area contributed by atoms with Crippen LogP contribution in [0.3, 0.4) is 0 Å². The second kappa shape index (κ2) is 14.8. The summed E-state index contributed by atoms with van der Waals surface area (Å²) < 4.78 is 67.9. The van der Waals surface area contributed by atoms with Crippen molar-refractivity contribution in [3.8, 4) is 11.5 Å². The Balaban J connectivity index is 1.20. The van der Waals surface area contributed by atoms with Crippen molar-refractivity contribution in [2.75, 3.05) is 21.3 Å². The molecule has 0 aliphatic carbocycles. The van der Waals surface area contributed by atoms with Gasteiger partial charge >= 0.3 is 11.8 Å². The maximum atomic E-state index is 13.5. The molecule has 8 N–H and O–H groups in total. The largest absolute Gasteiger partial charge is 0.506 e. The van der Waals surface area contributed by atoms with Gasteiger partial charge in [0, 0.05) is 33.3 Å². The van der Waals surface area contributed by atoms with E-state index in [9.17, 15) is 55.3 Å².